The highest BCUT2D eigenvalue weighted by Gasteiger charge is 2.15. The Bertz CT molecular complexity index is 884. The first-order chi connectivity index (χ1) is 13.0. The van der Waals surface area contributed by atoms with Crippen molar-refractivity contribution in [1.82, 2.24) is 5.32 Å². The van der Waals surface area contributed by atoms with E-state index < -0.39 is 23.4 Å². The minimum Gasteiger partial charge on any atom is -0.454 e. The lowest BCUT2D eigenvalue weighted by Gasteiger charge is -2.08. The molecule has 1 aliphatic heterocycles. The Kier molecular flexibility index (Phi) is 5.65. The van der Waals surface area contributed by atoms with E-state index in [-0.39, 0.29) is 31.7 Å². The molecule has 0 spiro atoms. The van der Waals surface area contributed by atoms with Gasteiger partial charge in [-0.05, 0) is 24.3 Å². The molecule has 2 aromatic carbocycles. The summed E-state index contributed by atoms with van der Waals surface area (Å²) in [5.74, 6) is -0.855. The van der Waals surface area contributed by atoms with Gasteiger partial charge in [-0.3, -0.25) is 14.4 Å². The molecule has 1 aliphatic rings. The highest BCUT2D eigenvalue weighted by molar-refractivity contribution is 5.99. The van der Waals surface area contributed by atoms with Crippen molar-refractivity contribution in [3.05, 3.63) is 53.8 Å². The molecule has 1 heterocycles. The van der Waals surface area contributed by atoms with E-state index >= 15 is 0 Å². The van der Waals surface area contributed by atoms with Gasteiger partial charge in [0.05, 0.1) is 12.1 Å². The molecule has 7 nitrogen and oxygen atoms in total. The van der Waals surface area contributed by atoms with Gasteiger partial charge in [-0.2, -0.15) is 0 Å². The predicted octanol–water partition coefficient (Wildman–Crippen LogP) is 2.27. The van der Waals surface area contributed by atoms with Crippen LogP contribution in [0.5, 0.6) is 11.5 Å². The molecule has 0 bridgehead atoms. The minimum atomic E-state index is -0.619. The third-order valence-corrected chi connectivity index (χ3v) is 3.86. The molecule has 0 fully saturated rings. The molecule has 2 aromatic rings. The summed E-state index contributed by atoms with van der Waals surface area (Å²) >= 11 is 0. The largest absolute Gasteiger partial charge is 0.454 e. The van der Waals surface area contributed by atoms with Crippen LogP contribution in [0.2, 0.25) is 0 Å². The quantitative estimate of drug-likeness (QED) is 0.728. The molecule has 0 unspecified atom stereocenters. The van der Waals surface area contributed by atoms with Gasteiger partial charge in [0.1, 0.15) is 5.82 Å². The molecule has 0 saturated carbocycles. The van der Waals surface area contributed by atoms with Crippen molar-refractivity contribution in [3.8, 4) is 11.5 Å². The van der Waals surface area contributed by atoms with Crippen LogP contribution in [-0.4, -0.2) is 30.9 Å². The SMILES string of the molecule is O=C(CCC(=O)c1ccccc1F)NCC(=O)Nc1ccc2c(c1)OCO2. The summed E-state index contributed by atoms with van der Waals surface area (Å²) in [4.78, 5) is 35.6. The zero-order valence-electron chi connectivity index (χ0n) is 14.3. The summed E-state index contributed by atoms with van der Waals surface area (Å²) in [6, 6.07) is 10.5. The van der Waals surface area contributed by atoms with Gasteiger partial charge in [-0.1, -0.05) is 12.1 Å². The van der Waals surface area contributed by atoms with Crippen LogP contribution in [0, 0.1) is 5.82 Å². The average molecular weight is 372 g/mol. The van der Waals surface area contributed by atoms with Crippen LogP contribution in [0.3, 0.4) is 0 Å². The molecule has 0 aliphatic carbocycles. The highest BCUT2D eigenvalue weighted by Crippen LogP contribution is 2.34. The van der Waals surface area contributed by atoms with Crippen LogP contribution in [0.1, 0.15) is 23.2 Å². The predicted molar refractivity (Wildman–Crippen MR) is 94.2 cm³/mol. The van der Waals surface area contributed by atoms with E-state index in [1.54, 1.807) is 24.3 Å². The number of ketones is 1. The number of anilines is 1. The number of Topliss-reactive ketones (excluding diaryl/α,β-unsaturated/α-hetero) is 1. The third-order valence-electron chi connectivity index (χ3n) is 3.86. The molecular formula is C19H17FN2O5. The lowest BCUT2D eigenvalue weighted by molar-refractivity contribution is -0.124. The van der Waals surface area contributed by atoms with Crippen LogP contribution in [-0.2, 0) is 9.59 Å². The number of ether oxygens (including phenoxy) is 2. The topological polar surface area (TPSA) is 93.7 Å². The molecule has 0 aromatic heterocycles. The van der Waals surface area contributed by atoms with Crippen molar-refractivity contribution >= 4 is 23.3 Å². The van der Waals surface area contributed by atoms with E-state index in [4.69, 9.17) is 9.47 Å². The van der Waals surface area contributed by atoms with Crippen molar-refractivity contribution in [3.63, 3.8) is 0 Å². The summed E-state index contributed by atoms with van der Waals surface area (Å²) in [7, 11) is 0. The van der Waals surface area contributed by atoms with Gasteiger partial charge in [0.15, 0.2) is 17.3 Å². The van der Waals surface area contributed by atoms with Gasteiger partial charge in [0.2, 0.25) is 18.6 Å². The lowest BCUT2D eigenvalue weighted by atomic mass is 10.1. The second-order valence-corrected chi connectivity index (χ2v) is 5.80. The third kappa shape index (κ3) is 4.81. The highest BCUT2D eigenvalue weighted by atomic mass is 19.1. The second kappa shape index (κ2) is 8.31. The van der Waals surface area contributed by atoms with Gasteiger partial charge in [0.25, 0.3) is 0 Å². The van der Waals surface area contributed by atoms with Crippen LogP contribution >= 0.6 is 0 Å². The normalized spacial score (nSPS) is 11.7. The molecule has 2 N–H and O–H groups in total. The Hall–Kier alpha value is -3.42. The second-order valence-electron chi connectivity index (χ2n) is 5.80. The molecule has 0 radical (unpaired) electrons. The Morgan fingerprint density at radius 3 is 2.56 bits per heavy atom. The van der Waals surface area contributed by atoms with Gasteiger partial charge in [-0.25, -0.2) is 4.39 Å². The standard InChI is InChI=1S/C19H17FN2O5/c20-14-4-2-1-3-13(14)15(23)6-8-18(24)21-10-19(25)22-12-5-7-16-17(9-12)27-11-26-16/h1-5,7,9H,6,8,10-11H2,(H,21,24)(H,22,25). The number of nitrogens with one attached hydrogen (secondary N) is 2. The van der Waals surface area contributed by atoms with E-state index in [2.05, 4.69) is 10.6 Å². The van der Waals surface area contributed by atoms with E-state index in [0.717, 1.165) is 0 Å². The van der Waals surface area contributed by atoms with Gasteiger partial charge in [0, 0.05) is 24.6 Å². The fourth-order valence-corrected chi connectivity index (χ4v) is 2.50. The van der Waals surface area contributed by atoms with Crippen molar-refractivity contribution in [2.75, 3.05) is 18.7 Å². The number of fused-ring (bicyclic) bond motifs is 1. The summed E-state index contributed by atoms with van der Waals surface area (Å²) in [6.45, 7) is -0.116. The number of amides is 2. The van der Waals surface area contributed by atoms with Gasteiger partial charge >= 0.3 is 0 Å². The van der Waals surface area contributed by atoms with Crippen molar-refractivity contribution in [1.29, 1.82) is 0 Å². The fraction of sp³-hybridized carbons (Fsp3) is 0.211. The molecule has 0 atom stereocenters. The Morgan fingerprint density at radius 1 is 0.963 bits per heavy atom. The zero-order chi connectivity index (χ0) is 19.2. The van der Waals surface area contributed by atoms with Crippen molar-refractivity contribution < 1.29 is 28.2 Å². The first kappa shape index (κ1) is 18.4. The number of benzene rings is 2. The molecule has 27 heavy (non-hydrogen) atoms. The van der Waals surface area contributed by atoms with Crippen LogP contribution in [0.15, 0.2) is 42.5 Å². The molecule has 2 amide bonds. The summed E-state index contributed by atoms with van der Waals surface area (Å²) in [6.07, 6.45) is -0.277. The zero-order valence-corrected chi connectivity index (χ0v) is 14.3. The Labute approximate surface area is 154 Å². The molecule has 3 rings (SSSR count). The van der Waals surface area contributed by atoms with Crippen LogP contribution in [0.25, 0.3) is 0 Å². The minimum absolute atomic E-state index is 0.0501. The van der Waals surface area contributed by atoms with Crippen LogP contribution < -0.4 is 20.1 Å². The van der Waals surface area contributed by atoms with E-state index in [1.165, 1.54) is 18.2 Å². The van der Waals surface area contributed by atoms with E-state index in [9.17, 15) is 18.8 Å². The fourth-order valence-electron chi connectivity index (χ4n) is 2.50. The summed E-state index contributed by atoms with van der Waals surface area (Å²) in [5, 5.41) is 5.04. The molecule has 0 saturated heterocycles. The maximum Gasteiger partial charge on any atom is 0.243 e. The first-order valence-corrected chi connectivity index (χ1v) is 8.27. The lowest BCUT2D eigenvalue weighted by Crippen LogP contribution is -2.33. The summed E-state index contributed by atoms with van der Waals surface area (Å²) < 4.78 is 23.9. The van der Waals surface area contributed by atoms with Gasteiger partial charge in [-0.15, -0.1) is 0 Å². The number of hydrogen-bond acceptors (Lipinski definition) is 5. The number of carbonyl (C=O) groups is 3. The molecule has 8 heteroatoms. The maximum absolute atomic E-state index is 13.5. The van der Waals surface area contributed by atoms with Crippen LogP contribution in [0.4, 0.5) is 10.1 Å². The van der Waals surface area contributed by atoms with E-state index in [1.807, 2.05) is 0 Å². The monoisotopic (exact) mass is 372 g/mol. The number of rotatable bonds is 7. The summed E-state index contributed by atoms with van der Waals surface area (Å²) in [5.41, 5.74) is 0.457. The van der Waals surface area contributed by atoms with E-state index in [0.29, 0.717) is 17.2 Å². The molecule has 140 valence electrons. The maximum atomic E-state index is 13.5. The number of halogens is 1. The van der Waals surface area contributed by atoms with Crippen molar-refractivity contribution in [2.45, 2.75) is 12.8 Å². The molecular weight excluding hydrogens is 355 g/mol. The number of hydrogen-bond donors (Lipinski definition) is 2. The smallest absolute Gasteiger partial charge is 0.243 e. The van der Waals surface area contributed by atoms with Crippen molar-refractivity contribution in [2.24, 2.45) is 0 Å². The Balaban J connectivity index is 1.41. The van der Waals surface area contributed by atoms with Gasteiger partial charge < -0.3 is 20.1 Å². The average Bonchev–Trinajstić information content (AvgIpc) is 3.12. The number of carbonyl (C=O) groups excluding carboxylic acids is 3. The first-order valence-electron chi connectivity index (χ1n) is 8.27. The Morgan fingerprint density at radius 2 is 1.74 bits per heavy atom.